The number of aromatic nitrogens is 2. The number of benzene rings is 2. The normalized spacial score (nSPS) is 14.4. The average molecular weight is 561 g/mol. The van der Waals surface area contributed by atoms with Crippen LogP contribution in [0.4, 0.5) is 10.7 Å². The lowest BCUT2D eigenvalue weighted by Gasteiger charge is -2.18. The number of nitrogens with one attached hydrogen (secondary N) is 2. The standard InChI is InChI=1S/C30H32N4O3S2/c1-18-13-14-24-25(15-18)39-28(26(24)29(35)36-4)32-30(38)31-27-19(2)33-34(20(27)3)17-21-9-8-12-23(16-21)37-22-10-6-5-7-11-22/h5-12,16,18H,13-15,17H2,1-4H3,(H2,31,32,38). The van der Waals surface area contributed by atoms with Gasteiger partial charge >= 0.3 is 5.97 Å². The van der Waals surface area contributed by atoms with Crippen LogP contribution in [-0.4, -0.2) is 28.0 Å². The zero-order valence-corrected chi connectivity index (χ0v) is 24.2. The van der Waals surface area contributed by atoms with E-state index in [0.717, 1.165) is 64.0 Å². The third-order valence-electron chi connectivity index (χ3n) is 6.96. The number of aryl methyl sites for hydroxylation is 1. The number of thiophene rings is 1. The molecule has 39 heavy (non-hydrogen) atoms. The second kappa shape index (κ2) is 11.6. The van der Waals surface area contributed by atoms with Gasteiger partial charge in [-0.15, -0.1) is 11.3 Å². The van der Waals surface area contributed by atoms with E-state index < -0.39 is 0 Å². The van der Waals surface area contributed by atoms with E-state index in [1.165, 1.54) is 12.0 Å². The number of esters is 1. The lowest BCUT2D eigenvalue weighted by Crippen LogP contribution is -2.21. The van der Waals surface area contributed by atoms with E-state index in [1.807, 2.05) is 67.1 Å². The lowest BCUT2D eigenvalue weighted by atomic mass is 9.88. The van der Waals surface area contributed by atoms with E-state index in [9.17, 15) is 4.79 Å². The molecule has 2 heterocycles. The Morgan fingerprint density at radius 1 is 1.13 bits per heavy atom. The van der Waals surface area contributed by atoms with Crippen LogP contribution in [-0.2, 0) is 24.1 Å². The molecule has 0 bridgehead atoms. The number of carbonyl (C=O) groups is 1. The Hall–Kier alpha value is -3.69. The molecular weight excluding hydrogens is 528 g/mol. The molecule has 1 aliphatic carbocycles. The van der Waals surface area contributed by atoms with E-state index in [4.69, 9.17) is 26.8 Å². The van der Waals surface area contributed by atoms with Crippen LogP contribution in [0, 0.1) is 19.8 Å². The molecule has 0 spiro atoms. The first kappa shape index (κ1) is 26.9. The molecular formula is C30H32N4O3S2. The largest absolute Gasteiger partial charge is 0.465 e. The Labute approximate surface area is 238 Å². The van der Waals surface area contributed by atoms with Crippen molar-refractivity contribution in [1.82, 2.24) is 9.78 Å². The molecule has 0 amide bonds. The van der Waals surface area contributed by atoms with Gasteiger partial charge < -0.3 is 20.1 Å². The van der Waals surface area contributed by atoms with Gasteiger partial charge in [0.05, 0.1) is 36.3 Å². The fourth-order valence-corrected chi connectivity index (χ4v) is 6.61. The molecule has 1 aliphatic rings. The van der Waals surface area contributed by atoms with Gasteiger partial charge in [-0.05, 0) is 86.6 Å². The molecule has 0 saturated heterocycles. The maximum atomic E-state index is 12.7. The molecule has 2 aromatic carbocycles. The number of carbonyl (C=O) groups excluding carboxylic acids is 1. The third kappa shape index (κ3) is 5.99. The van der Waals surface area contributed by atoms with Gasteiger partial charge in [-0.1, -0.05) is 37.3 Å². The quantitative estimate of drug-likeness (QED) is 0.184. The number of rotatable bonds is 7. The Morgan fingerprint density at radius 3 is 2.67 bits per heavy atom. The Bertz CT molecular complexity index is 1510. The molecule has 202 valence electrons. The molecule has 7 nitrogen and oxygen atoms in total. The highest BCUT2D eigenvalue weighted by Gasteiger charge is 2.28. The van der Waals surface area contributed by atoms with Gasteiger partial charge in [-0.2, -0.15) is 5.10 Å². The molecule has 0 aliphatic heterocycles. The summed E-state index contributed by atoms with van der Waals surface area (Å²) < 4.78 is 13.1. The average Bonchev–Trinajstić information content (AvgIpc) is 3.39. The second-order valence-corrected chi connectivity index (χ2v) is 11.4. The summed E-state index contributed by atoms with van der Waals surface area (Å²) in [5.41, 5.74) is 5.41. The number of ether oxygens (including phenoxy) is 2. The summed E-state index contributed by atoms with van der Waals surface area (Å²) >= 11 is 7.27. The molecule has 1 atom stereocenters. The van der Waals surface area contributed by atoms with Gasteiger partial charge in [-0.25, -0.2) is 4.79 Å². The Balaban J connectivity index is 1.31. The van der Waals surface area contributed by atoms with Gasteiger partial charge in [0.2, 0.25) is 0 Å². The summed E-state index contributed by atoms with van der Waals surface area (Å²) in [6.45, 7) is 6.80. The van der Waals surface area contributed by atoms with E-state index in [2.05, 4.69) is 23.6 Å². The minimum absolute atomic E-state index is 0.328. The number of anilines is 2. The second-order valence-electron chi connectivity index (χ2n) is 9.89. The number of methoxy groups -OCH3 is 1. The monoisotopic (exact) mass is 560 g/mol. The number of nitrogens with zero attached hydrogens (tertiary/aromatic N) is 2. The van der Waals surface area contributed by atoms with Gasteiger partial charge in [0.1, 0.15) is 16.5 Å². The van der Waals surface area contributed by atoms with E-state index in [-0.39, 0.29) is 5.97 Å². The molecule has 5 rings (SSSR count). The molecule has 0 radical (unpaired) electrons. The predicted octanol–water partition coefficient (Wildman–Crippen LogP) is 7.12. The molecule has 1 unspecified atom stereocenters. The van der Waals surface area contributed by atoms with Crippen LogP contribution in [0.15, 0.2) is 54.6 Å². The molecule has 4 aromatic rings. The van der Waals surface area contributed by atoms with Crippen LogP contribution >= 0.6 is 23.6 Å². The van der Waals surface area contributed by atoms with Crippen LogP contribution in [0.2, 0.25) is 0 Å². The number of fused-ring (bicyclic) bond motifs is 1. The van der Waals surface area contributed by atoms with Crippen molar-refractivity contribution in [3.63, 3.8) is 0 Å². The molecule has 9 heteroatoms. The van der Waals surface area contributed by atoms with E-state index in [0.29, 0.717) is 23.1 Å². The van der Waals surface area contributed by atoms with Gasteiger partial charge in [0, 0.05) is 4.88 Å². The van der Waals surface area contributed by atoms with Crippen molar-refractivity contribution in [2.45, 2.75) is 46.6 Å². The van der Waals surface area contributed by atoms with Crippen LogP contribution in [0.25, 0.3) is 0 Å². The number of thiocarbonyl (C=S) groups is 1. The number of hydrogen-bond acceptors (Lipinski definition) is 6. The molecule has 2 N–H and O–H groups in total. The zero-order chi connectivity index (χ0) is 27.5. The van der Waals surface area contributed by atoms with Crippen LogP contribution in [0.5, 0.6) is 11.5 Å². The Kier molecular flexibility index (Phi) is 7.99. The first-order valence-electron chi connectivity index (χ1n) is 13.0. The van der Waals surface area contributed by atoms with Crippen molar-refractivity contribution >= 4 is 45.3 Å². The molecule has 0 saturated carbocycles. The zero-order valence-electron chi connectivity index (χ0n) is 22.5. The fraction of sp³-hybridized carbons (Fsp3) is 0.300. The highest BCUT2D eigenvalue weighted by atomic mass is 32.1. The van der Waals surface area contributed by atoms with Crippen LogP contribution < -0.4 is 15.4 Å². The summed E-state index contributed by atoms with van der Waals surface area (Å²) in [4.78, 5) is 13.9. The fourth-order valence-electron chi connectivity index (χ4n) is 4.94. The van der Waals surface area contributed by atoms with Crippen LogP contribution in [0.1, 0.15) is 51.1 Å². The smallest absolute Gasteiger partial charge is 0.341 e. The van der Waals surface area contributed by atoms with Crippen molar-refractivity contribution in [1.29, 1.82) is 0 Å². The predicted molar refractivity (Wildman–Crippen MR) is 160 cm³/mol. The van der Waals surface area contributed by atoms with E-state index in [1.54, 1.807) is 11.3 Å². The summed E-state index contributed by atoms with van der Waals surface area (Å²) in [5.74, 6) is 1.84. The van der Waals surface area contributed by atoms with Crippen molar-refractivity contribution in [3.05, 3.63) is 87.6 Å². The number of hydrogen-bond donors (Lipinski definition) is 2. The highest BCUT2D eigenvalue weighted by Crippen LogP contribution is 2.40. The van der Waals surface area contributed by atoms with Gasteiger partial charge in [0.15, 0.2) is 5.11 Å². The van der Waals surface area contributed by atoms with Gasteiger partial charge in [0.25, 0.3) is 0 Å². The topological polar surface area (TPSA) is 77.4 Å². The summed E-state index contributed by atoms with van der Waals surface area (Å²) in [6, 6.07) is 17.7. The third-order valence-corrected chi connectivity index (χ3v) is 8.33. The lowest BCUT2D eigenvalue weighted by molar-refractivity contribution is 0.0601. The minimum atomic E-state index is -0.328. The SMILES string of the molecule is COC(=O)c1c(NC(=S)Nc2c(C)nn(Cc3cccc(Oc4ccccc4)c3)c2C)sc2c1CCC(C)C2. The molecule has 2 aromatic heterocycles. The first-order chi connectivity index (χ1) is 18.8. The van der Waals surface area contributed by atoms with Crippen molar-refractivity contribution < 1.29 is 14.3 Å². The summed E-state index contributed by atoms with van der Waals surface area (Å²) in [5, 5.41) is 12.5. The Morgan fingerprint density at radius 2 is 1.90 bits per heavy atom. The molecule has 0 fully saturated rings. The number of para-hydroxylation sites is 1. The summed E-state index contributed by atoms with van der Waals surface area (Å²) in [6.07, 6.45) is 2.91. The minimum Gasteiger partial charge on any atom is -0.465 e. The van der Waals surface area contributed by atoms with Crippen molar-refractivity contribution in [2.75, 3.05) is 17.7 Å². The maximum Gasteiger partial charge on any atom is 0.341 e. The van der Waals surface area contributed by atoms with E-state index >= 15 is 0 Å². The highest BCUT2D eigenvalue weighted by molar-refractivity contribution is 7.80. The van der Waals surface area contributed by atoms with Gasteiger partial charge in [-0.3, -0.25) is 4.68 Å². The first-order valence-corrected chi connectivity index (χ1v) is 14.2. The van der Waals surface area contributed by atoms with Crippen molar-refractivity contribution in [2.24, 2.45) is 5.92 Å². The maximum absolute atomic E-state index is 12.7. The summed E-state index contributed by atoms with van der Waals surface area (Å²) in [7, 11) is 1.42. The van der Waals surface area contributed by atoms with Crippen LogP contribution in [0.3, 0.4) is 0 Å². The van der Waals surface area contributed by atoms with Crippen molar-refractivity contribution in [3.8, 4) is 11.5 Å².